The van der Waals surface area contributed by atoms with Crippen molar-refractivity contribution in [3.8, 4) is 5.75 Å². The zero-order valence-corrected chi connectivity index (χ0v) is 13.7. The first-order chi connectivity index (χ1) is 10.3. The van der Waals surface area contributed by atoms with Gasteiger partial charge in [-0.15, -0.1) is 0 Å². The van der Waals surface area contributed by atoms with Crippen LogP contribution in [0.15, 0.2) is 24.3 Å². The first-order valence-corrected chi connectivity index (χ1v) is 7.26. The van der Waals surface area contributed by atoms with Crippen molar-refractivity contribution in [1.29, 1.82) is 0 Å². The molecule has 6 nitrogen and oxygen atoms in total. The van der Waals surface area contributed by atoms with Crippen LogP contribution in [0.5, 0.6) is 5.75 Å². The average molecular weight is 307 g/mol. The highest BCUT2D eigenvalue weighted by molar-refractivity contribution is 5.84. The lowest BCUT2D eigenvalue weighted by Crippen LogP contribution is -2.47. The van der Waals surface area contributed by atoms with E-state index < -0.39 is 0 Å². The van der Waals surface area contributed by atoms with Crippen LogP contribution in [-0.4, -0.2) is 37.7 Å². The van der Waals surface area contributed by atoms with Crippen LogP contribution in [0.25, 0.3) is 0 Å². The molecule has 3 amide bonds. The first-order valence-electron chi connectivity index (χ1n) is 7.26. The molecule has 0 bridgehead atoms. The molecule has 1 rings (SSSR count). The van der Waals surface area contributed by atoms with Gasteiger partial charge in [0, 0.05) is 12.1 Å². The monoisotopic (exact) mass is 307 g/mol. The molecule has 0 saturated carbocycles. The summed E-state index contributed by atoms with van der Waals surface area (Å²) in [7, 11) is 1.62. The molecule has 1 aromatic rings. The van der Waals surface area contributed by atoms with Gasteiger partial charge in [0.2, 0.25) is 5.91 Å². The molecule has 0 heterocycles. The number of benzene rings is 1. The van der Waals surface area contributed by atoms with E-state index in [1.807, 2.05) is 45.0 Å². The number of amides is 3. The van der Waals surface area contributed by atoms with E-state index in [2.05, 4.69) is 16.0 Å². The SMILES string of the molecule is COc1ccc(CCNC(=O)NCC(=O)NC(C)(C)C)cc1. The van der Waals surface area contributed by atoms with Crippen LogP contribution in [0, 0.1) is 0 Å². The topological polar surface area (TPSA) is 79.5 Å². The molecule has 0 fully saturated rings. The second kappa shape index (κ2) is 8.26. The third-order valence-electron chi connectivity index (χ3n) is 2.78. The number of methoxy groups -OCH3 is 1. The van der Waals surface area contributed by atoms with E-state index in [-0.39, 0.29) is 24.0 Å². The van der Waals surface area contributed by atoms with Crippen molar-refractivity contribution in [2.45, 2.75) is 32.7 Å². The molecule has 0 aromatic heterocycles. The van der Waals surface area contributed by atoms with Gasteiger partial charge in [-0.2, -0.15) is 0 Å². The molecule has 22 heavy (non-hydrogen) atoms. The highest BCUT2D eigenvalue weighted by Crippen LogP contribution is 2.11. The van der Waals surface area contributed by atoms with Crippen molar-refractivity contribution in [1.82, 2.24) is 16.0 Å². The van der Waals surface area contributed by atoms with Crippen LogP contribution in [0.1, 0.15) is 26.3 Å². The molecule has 0 saturated heterocycles. The van der Waals surface area contributed by atoms with E-state index >= 15 is 0 Å². The van der Waals surface area contributed by atoms with Gasteiger partial charge in [-0.1, -0.05) is 12.1 Å². The number of carbonyl (C=O) groups is 2. The maximum atomic E-state index is 11.6. The minimum Gasteiger partial charge on any atom is -0.497 e. The van der Waals surface area contributed by atoms with Crippen molar-refractivity contribution in [2.75, 3.05) is 20.2 Å². The summed E-state index contributed by atoms with van der Waals surface area (Å²) < 4.78 is 5.08. The molecule has 0 aliphatic heterocycles. The van der Waals surface area contributed by atoms with Gasteiger partial charge >= 0.3 is 6.03 Å². The smallest absolute Gasteiger partial charge is 0.315 e. The van der Waals surface area contributed by atoms with Gasteiger partial charge in [0.1, 0.15) is 5.75 Å². The summed E-state index contributed by atoms with van der Waals surface area (Å²) >= 11 is 0. The largest absolute Gasteiger partial charge is 0.497 e. The quantitative estimate of drug-likeness (QED) is 0.744. The summed E-state index contributed by atoms with van der Waals surface area (Å²) in [5.41, 5.74) is 0.801. The summed E-state index contributed by atoms with van der Waals surface area (Å²) in [5, 5.41) is 8.02. The van der Waals surface area contributed by atoms with Gasteiger partial charge in [0.15, 0.2) is 0 Å². The minimum absolute atomic E-state index is 0.0361. The van der Waals surface area contributed by atoms with E-state index in [0.29, 0.717) is 13.0 Å². The number of carbonyl (C=O) groups excluding carboxylic acids is 2. The molecule has 6 heteroatoms. The fraction of sp³-hybridized carbons (Fsp3) is 0.500. The van der Waals surface area contributed by atoms with Gasteiger partial charge in [-0.3, -0.25) is 4.79 Å². The maximum absolute atomic E-state index is 11.6. The summed E-state index contributed by atoms with van der Waals surface area (Å²) in [6.45, 7) is 6.13. The van der Waals surface area contributed by atoms with Gasteiger partial charge in [0.25, 0.3) is 0 Å². The normalized spacial score (nSPS) is 10.7. The van der Waals surface area contributed by atoms with E-state index in [4.69, 9.17) is 4.74 Å². The summed E-state index contributed by atoms with van der Waals surface area (Å²) in [6.07, 6.45) is 0.714. The van der Waals surface area contributed by atoms with Crippen molar-refractivity contribution in [2.24, 2.45) is 0 Å². The zero-order chi connectivity index (χ0) is 16.6. The van der Waals surface area contributed by atoms with Gasteiger partial charge in [-0.05, 0) is 44.9 Å². The molecule has 0 atom stereocenters. The third kappa shape index (κ3) is 7.52. The standard InChI is InChI=1S/C16H25N3O3/c1-16(2,3)19-14(20)11-18-15(21)17-10-9-12-5-7-13(22-4)8-6-12/h5-8H,9-11H2,1-4H3,(H,19,20)(H2,17,18,21). The van der Waals surface area contributed by atoms with Crippen molar-refractivity contribution in [3.63, 3.8) is 0 Å². The van der Waals surface area contributed by atoms with E-state index in [1.54, 1.807) is 7.11 Å². The van der Waals surface area contributed by atoms with Crippen LogP contribution in [0.3, 0.4) is 0 Å². The summed E-state index contributed by atoms with van der Waals surface area (Å²) in [6, 6.07) is 7.32. The van der Waals surface area contributed by atoms with Gasteiger partial charge < -0.3 is 20.7 Å². The fourth-order valence-corrected chi connectivity index (χ4v) is 1.80. The average Bonchev–Trinajstić information content (AvgIpc) is 2.44. The van der Waals surface area contributed by atoms with E-state index in [1.165, 1.54) is 0 Å². The summed E-state index contributed by atoms with van der Waals surface area (Å²) in [4.78, 5) is 23.1. The maximum Gasteiger partial charge on any atom is 0.315 e. The van der Waals surface area contributed by atoms with E-state index in [9.17, 15) is 9.59 Å². The molecule has 122 valence electrons. The van der Waals surface area contributed by atoms with Crippen LogP contribution in [0.2, 0.25) is 0 Å². The van der Waals surface area contributed by atoms with Crippen LogP contribution in [0.4, 0.5) is 4.79 Å². The lowest BCUT2D eigenvalue weighted by molar-refractivity contribution is -0.121. The van der Waals surface area contributed by atoms with Crippen LogP contribution in [-0.2, 0) is 11.2 Å². The number of nitrogens with one attached hydrogen (secondary N) is 3. The minimum atomic E-state index is -0.349. The third-order valence-corrected chi connectivity index (χ3v) is 2.78. The highest BCUT2D eigenvalue weighted by Gasteiger charge is 2.13. The second-order valence-corrected chi connectivity index (χ2v) is 6.01. The molecular weight excluding hydrogens is 282 g/mol. The predicted molar refractivity (Wildman–Crippen MR) is 86.0 cm³/mol. The molecule has 0 unspecified atom stereocenters. The Hall–Kier alpha value is -2.24. The van der Waals surface area contributed by atoms with Crippen molar-refractivity contribution in [3.05, 3.63) is 29.8 Å². The molecule has 1 aromatic carbocycles. The van der Waals surface area contributed by atoms with Crippen molar-refractivity contribution < 1.29 is 14.3 Å². The van der Waals surface area contributed by atoms with Crippen molar-refractivity contribution >= 4 is 11.9 Å². The number of hydrogen-bond acceptors (Lipinski definition) is 3. The fourth-order valence-electron chi connectivity index (χ4n) is 1.80. The van der Waals surface area contributed by atoms with Crippen LogP contribution < -0.4 is 20.7 Å². The molecule has 0 aliphatic rings. The van der Waals surface area contributed by atoms with E-state index in [0.717, 1.165) is 11.3 Å². The molecule has 0 aliphatic carbocycles. The number of hydrogen-bond donors (Lipinski definition) is 3. The van der Waals surface area contributed by atoms with Crippen LogP contribution >= 0.6 is 0 Å². The number of rotatable bonds is 6. The molecular formula is C16H25N3O3. The number of urea groups is 1. The zero-order valence-electron chi connectivity index (χ0n) is 13.7. The lowest BCUT2D eigenvalue weighted by Gasteiger charge is -2.20. The number of ether oxygens (including phenoxy) is 1. The first kappa shape index (κ1) is 17.8. The Balaban J connectivity index is 2.21. The predicted octanol–water partition coefficient (Wildman–Crippen LogP) is 1.45. The Labute approximate surface area is 131 Å². The Morgan fingerprint density at radius 1 is 1.09 bits per heavy atom. The molecule has 0 spiro atoms. The molecule has 0 radical (unpaired) electrons. The lowest BCUT2D eigenvalue weighted by atomic mass is 10.1. The van der Waals surface area contributed by atoms with Gasteiger partial charge in [-0.25, -0.2) is 4.79 Å². The van der Waals surface area contributed by atoms with Gasteiger partial charge in [0.05, 0.1) is 13.7 Å². The highest BCUT2D eigenvalue weighted by atomic mass is 16.5. The Morgan fingerprint density at radius 3 is 2.27 bits per heavy atom. The Morgan fingerprint density at radius 2 is 1.73 bits per heavy atom. The summed E-state index contributed by atoms with van der Waals surface area (Å²) in [5.74, 6) is 0.595. The Kier molecular flexibility index (Phi) is 6.69. The Bertz CT molecular complexity index is 492. The second-order valence-electron chi connectivity index (χ2n) is 6.01. The molecule has 3 N–H and O–H groups in total.